The van der Waals surface area contributed by atoms with Gasteiger partial charge in [-0.25, -0.2) is 0 Å². The first kappa shape index (κ1) is 8.10. The molecular formula is C12H18. The van der Waals surface area contributed by atoms with Crippen molar-refractivity contribution in [2.75, 3.05) is 0 Å². The zero-order valence-corrected chi connectivity index (χ0v) is 7.97. The predicted octanol–water partition coefficient (Wildman–Crippen LogP) is 3.84. The fraction of sp³-hybridized carbons (Fsp3) is 0.667. The summed E-state index contributed by atoms with van der Waals surface area (Å²) in [6.45, 7) is 2.35. The molecule has 1 saturated carbocycles. The molecule has 2 rings (SSSR count). The van der Waals surface area contributed by atoms with Crippen molar-refractivity contribution < 1.29 is 0 Å². The van der Waals surface area contributed by atoms with E-state index in [1.165, 1.54) is 38.5 Å². The Kier molecular flexibility index (Phi) is 2.08. The van der Waals surface area contributed by atoms with Gasteiger partial charge in [0.1, 0.15) is 0 Å². The molecule has 0 aliphatic heterocycles. The summed E-state index contributed by atoms with van der Waals surface area (Å²) in [6, 6.07) is 0. The molecule has 0 aromatic rings. The van der Waals surface area contributed by atoms with Crippen LogP contribution in [0.5, 0.6) is 0 Å². The van der Waals surface area contributed by atoms with Crippen LogP contribution in [0.15, 0.2) is 23.8 Å². The summed E-state index contributed by atoms with van der Waals surface area (Å²) in [4.78, 5) is 0. The van der Waals surface area contributed by atoms with Crippen LogP contribution in [0.25, 0.3) is 0 Å². The van der Waals surface area contributed by atoms with Crippen molar-refractivity contribution in [3.8, 4) is 0 Å². The predicted molar refractivity (Wildman–Crippen MR) is 53.0 cm³/mol. The molecular weight excluding hydrogens is 144 g/mol. The zero-order chi connectivity index (χ0) is 8.44. The van der Waals surface area contributed by atoms with Gasteiger partial charge in [-0.2, -0.15) is 0 Å². The van der Waals surface area contributed by atoms with Crippen LogP contribution in [0.3, 0.4) is 0 Å². The Morgan fingerprint density at radius 2 is 2.33 bits per heavy atom. The summed E-state index contributed by atoms with van der Waals surface area (Å²) in [5, 5.41) is 0. The van der Waals surface area contributed by atoms with Gasteiger partial charge >= 0.3 is 0 Å². The highest BCUT2D eigenvalue weighted by molar-refractivity contribution is 5.27. The number of allylic oxidation sites excluding steroid dienone is 4. The molecule has 0 heteroatoms. The minimum absolute atomic E-state index is 0.590. The van der Waals surface area contributed by atoms with E-state index < -0.39 is 0 Å². The molecule has 0 aromatic heterocycles. The third kappa shape index (κ3) is 1.14. The van der Waals surface area contributed by atoms with Gasteiger partial charge in [-0.15, -0.1) is 0 Å². The Labute approximate surface area is 75.4 Å². The smallest absolute Gasteiger partial charge is 0.00530 e. The maximum Gasteiger partial charge on any atom is -0.00530 e. The summed E-state index contributed by atoms with van der Waals surface area (Å²) in [5.74, 6) is 0. The number of fused-ring (bicyclic) bond motifs is 1. The Morgan fingerprint density at radius 1 is 1.42 bits per heavy atom. The number of hydrogen-bond donors (Lipinski definition) is 0. The van der Waals surface area contributed by atoms with Crippen LogP contribution in [0.2, 0.25) is 0 Å². The maximum absolute atomic E-state index is 2.37. The maximum atomic E-state index is 2.37. The van der Waals surface area contributed by atoms with E-state index in [2.05, 4.69) is 25.2 Å². The van der Waals surface area contributed by atoms with Crippen LogP contribution in [-0.2, 0) is 0 Å². The van der Waals surface area contributed by atoms with Crippen molar-refractivity contribution >= 4 is 0 Å². The highest BCUT2D eigenvalue weighted by Crippen LogP contribution is 2.47. The summed E-state index contributed by atoms with van der Waals surface area (Å²) in [7, 11) is 0. The molecule has 0 saturated heterocycles. The van der Waals surface area contributed by atoms with E-state index >= 15 is 0 Å². The molecule has 0 amide bonds. The van der Waals surface area contributed by atoms with Crippen LogP contribution in [0.4, 0.5) is 0 Å². The number of rotatable bonds is 1. The molecule has 1 fully saturated rings. The summed E-state index contributed by atoms with van der Waals surface area (Å²) in [6.07, 6.45) is 15.2. The lowest BCUT2D eigenvalue weighted by molar-refractivity contribution is 0.262. The Hall–Kier alpha value is -0.520. The molecule has 1 unspecified atom stereocenters. The van der Waals surface area contributed by atoms with Gasteiger partial charge in [0.15, 0.2) is 0 Å². The third-order valence-corrected chi connectivity index (χ3v) is 3.65. The first-order valence-corrected chi connectivity index (χ1v) is 5.23. The largest absolute Gasteiger partial charge is 0.0837 e. The van der Waals surface area contributed by atoms with Crippen LogP contribution in [-0.4, -0.2) is 0 Å². The van der Waals surface area contributed by atoms with Crippen molar-refractivity contribution in [3.05, 3.63) is 23.8 Å². The fourth-order valence-electron chi connectivity index (χ4n) is 2.72. The average Bonchev–Trinajstić information content (AvgIpc) is 2.18. The molecule has 0 aromatic carbocycles. The lowest BCUT2D eigenvalue weighted by Crippen LogP contribution is -2.26. The highest BCUT2D eigenvalue weighted by atomic mass is 14.4. The van der Waals surface area contributed by atoms with Crippen molar-refractivity contribution in [1.29, 1.82) is 0 Å². The molecule has 0 nitrogen and oxygen atoms in total. The van der Waals surface area contributed by atoms with Crippen molar-refractivity contribution in [2.45, 2.75) is 45.4 Å². The standard InChI is InChI=1S/C12H18/c1-2-12-9-5-3-7-11(12)8-4-6-10-12/h3,5,7H,2,4,6,8-10H2,1H3. The lowest BCUT2D eigenvalue weighted by atomic mass is 9.65. The van der Waals surface area contributed by atoms with E-state index in [1.807, 2.05) is 0 Å². The van der Waals surface area contributed by atoms with E-state index in [0.717, 1.165) is 0 Å². The van der Waals surface area contributed by atoms with E-state index in [9.17, 15) is 0 Å². The molecule has 0 bridgehead atoms. The molecule has 66 valence electrons. The molecule has 2 aliphatic rings. The summed E-state index contributed by atoms with van der Waals surface area (Å²) < 4.78 is 0. The Bertz CT molecular complexity index is 222. The summed E-state index contributed by atoms with van der Waals surface area (Å²) in [5.41, 5.74) is 2.33. The van der Waals surface area contributed by atoms with Gasteiger partial charge in [0.25, 0.3) is 0 Å². The van der Waals surface area contributed by atoms with E-state index in [-0.39, 0.29) is 0 Å². The van der Waals surface area contributed by atoms with Gasteiger partial charge in [0, 0.05) is 0 Å². The van der Waals surface area contributed by atoms with E-state index in [4.69, 9.17) is 0 Å². The monoisotopic (exact) mass is 162 g/mol. The van der Waals surface area contributed by atoms with Crippen LogP contribution >= 0.6 is 0 Å². The summed E-state index contributed by atoms with van der Waals surface area (Å²) >= 11 is 0. The quantitative estimate of drug-likeness (QED) is 0.549. The SMILES string of the molecule is CCC12CC=CC=C1CCCC2. The third-order valence-electron chi connectivity index (χ3n) is 3.65. The molecule has 0 N–H and O–H groups in total. The van der Waals surface area contributed by atoms with Crippen molar-refractivity contribution in [1.82, 2.24) is 0 Å². The lowest BCUT2D eigenvalue weighted by Gasteiger charge is -2.40. The number of hydrogen-bond acceptors (Lipinski definition) is 0. The molecule has 1 atom stereocenters. The second kappa shape index (κ2) is 3.08. The van der Waals surface area contributed by atoms with Gasteiger partial charge < -0.3 is 0 Å². The zero-order valence-electron chi connectivity index (χ0n) is 7.97. The minimum Gasteiger partial charge on any atom is -0.0837 e. The Morgan fingerprint density at radius 3 is 3.08 bits per heavy atom. The van der Waals surface area contributed by atoms with Gasteiger partial charge in [-0.05, 0) is 37.5 Å². The Balaban J connectivity index is 2.27. The van der Waals surface area contributed by atoms with Crippen LogP contribution in [0, 0.1) is 5.41 Å². The fourth-order valence-corrected chi connectivity index (χ4v) is 2.72. The highest BCUT2D eigenvalue weighted by Gasteiger charge is 2.33. The van der Waals surface area contributed by atoms with Gasteiger partial charge in [-0.1, -0.05) is 37.1 Å². The van der Waals surface area contributed by atoms with E-state index in [0.29, 0.717) is 5.41 Å². The van der Waals surface area contributed by atoms with Gasteiger partial charge in [-0.3, -0.25) is 0 Å². The molecule has 0 radical (unpaired) electrons. The second-order valence-electron chi connectivity index (χ2n) is 4.17. The molecule has 2 aliphatic carbocycles. The normalized spacial score (nSPS) is 34.2. The first-order chi connectivity index (χ1) is 5.87. The molecule has 12 heavy (non-hydrogen) atoms. The van der Waals surface area contributed by atoms with Gasteiger partial charge in [0.05, 0.1) is 0 Å². The van der Waals surface area contributed by atoms with Crippen molar-refractivity contribution in [3.63, 3.8) is 0 Å². The first-order valence-electron chi connectivity index (χ1n) is 5.23. The molecule has 0 heterocycles. The second-order valence-corrected chi connectivity index (χ2v) is 4.17. The van der Waals surface area contributed by atoms with Gasteiger partial charge in [0.2, 0.25) is 0 Å². The topological polar surface area (TPSA) is 0 Å². The average molecular weight is 162 g/mol. The van der Waals surface area contributed by atoms with E-state index in [1.54, 1.807) is 5.57 Å². The minimum atomic E-state index is 0.590. The van der Waals surface area contributed by atoms with Crippen molar-refractivity contribution in [2.24, 2.45) is 5.41 Å². The van der Waals surface area contributed by atoms with Crippen LogP contribution in [0.1, 0.15) is 45.4 Å². The molecule has 0 spiro atoms. The van der Waals surface area contributed by atoms with Crippen LogP contribution < -0.4 is 0 Å².